The van der Waals surface area contributed by atoms with Gasteiger partial charge in [0.15, 0.2) is 11.6 Å². The van der Waals surface area contributed by atoms with E-state index < -0.39 is 0 Å². The molecule has 0 radical (unpaired) electrons. The van der Waals surface area contributed by atoms with Crippen LogP contribution in [0.15, 0.2) is 66.7 Å². The summed E-state index contributed by atoms with van der Waals surface area (Å²) in [5, 5.41) is 11.2. The maximum Gasteiger partial charge on any atom is 0.229 e. The Hall–Kier alpha value is -3.21. The summed E-state index contributed by atoms with van der Waals surface area (Å²) in [5.41, 5.74) is 3.37. The van der Waals surface area contributed by atoms with Crippen molar-refractivity contribution in [2.75, 3.05) is 16.8 Å². The summed E-state index contributed by atoms with van der Waals surface area (Å²) in [5.74, 6) is 1.15. The van der Waals surface area contributed by atoms with E-state index in [2.05, 4.69) is 39.5 Å². The van der Waals surface area contributed by atoms with Crippen molar-refractivity contribution in [3.05, 3.63) is 83.4 Å². The third-order valence-corrected chi connectivity index (χ3v) is 4.33. The zero-order valence-corrected chi connectivity index (χ0v) is 15.7. The molecule has 3 rings (SSSR count). The lowest BCUT2D eigenvalue weighted by Gasteiger charge is -2.21. The summed E-state index contributed by atoms with van der Waals surface area (Å²) in [6.45, 7) is 5.70. The molecule has 0 fully saturated rings. The van der Waals surface area contributed by atoms with Gasteiger partial charge in [0, 0.05) is 13.1 Å². The molecule has 1 amide bonds. The molecule has 0 saturated heterocycles. The average molecular weight is 360 g/mol. The highest BCUT2D eigenvalue weighted by molar-refractivity contribution is 5.91. The molecular formula is C22H24N4O. The van der Waals surface area contributed by atoms with Gasteiger partial charge in [0.1, 0.15) is 0 Å². The first-order valence-corrected chi connectivity index (χ1v) is 9.12. The fraction of sp³-hybridized carbons (Fsp3) is 0.227. The van der Waals surface area contributed by atoms with Crippen LogP contribution in [0.4, 0.5) is 11.6 Å². The van der Waals surface area contributed by atoms with Crippen LogP contribution in [0.2, 0.25) is 0 Å². The van der Waals surface area contributed by atoms with Crippen molar-refractivity contribution < 1.29 is 4.79 Å². The number of amides is 1. The van der Waals surface area contributed by atoms with Gasteiger partial charge in [-0.25, -0.2) is 0 Å². The second-order valence-electron chi connectivity index (χ2n) is 6.49. The number of nitrogens with one attached hydrogen (secondary N) is 1. The Morgan fingerprint density at radius 1 is 0.926 bits per heavy atom. The minimum atomic E-state index is -0.0995. The van der Waals surface area contributed by atoms with Gasteiger partial charge in [-0.3, -0.25) is 4.79 Å². The van der Waals surface area contributed by atoms with E-state index in [9.17, 15) is 4.79 Å². The molecule has 1 aromatic heterocycles. The lowest BCUT2D eigenvalue weighted by Crippen LogP contribution is -2.23. The Bertz CT molecular complexity index is 861. The number of aromatic nitrogens is 2. The molecule has 5 nitrogen and oxygen atoms in total. The molecule has 0 saturated carbocycles. The van der Waals surface area contributed by atoms with Gasteiger partial charge in [-0.15, -0.1) is 10.2 Å². The number of anilines is 2. The quantitative estimate of drug-likeness (QED) is 0.692. The molecule has 0 aliphatic carbocycles. The van der Waals surface area contributed by atoms with Crippen molar-refractivity contribution in [1.29, 1.82) is 0 Å². The molecule has 1 N–H and O–H groups in total. The standard InChI is InChI=1S/C22H24N4O/c1-3-26(16-19-7-5-4-6-8-19)21-14-13-20(24-25-21)23-22(27)15-18-11-9-17(2)10-12-18/h4-14H,3,15-16H2,1-2H3,(H,23,24,27). The third kappa shape index (κ3) is 5.38. The molecule has 3 aromatic rings. The molecule has 0 atom stereocenters. The van der Waals surface area contributed by atoms with Crippen LogP contribution in [-0.4, -0.2) is 22.6 Å². The summed E-state index contributed by atoms with van der Waals surface area (Å²) in [6.07, 6.45) is 0.318. The van der Waals surface area contributed by atoms with Crippen LogP contribution >= 0.6 is 0 Å². The highest BCUT2D eigenvalue weighted by Crippen LogP contribution is 2.15. The van der Waals surface area contributed by atoms with Crippen molar-refractivity contribution in [3.8, 4) is 0 Å². The Labute approximate surface area is 160 Å². The van der Waals surface area contributed by atoms with E-state index in [0.29, 0.717) is 12.2 Å². The smallest absolute Gasteiger partial charge is 0.229 e. The molecule has 0 aliphatic rings. The molecule has 0 spiro atoms. The van der Waals surface area contributed by atoms with Crippen LogP contribution in [0, 0.1) is 6.92 Å². The SMILES string of the molecule is CCN(Cc1ccccc1)c1ccc(NC(=O)Cc2ccc(C)cc2)nn1. The Morgan fingerprint density at radius 2 is 1.67 bits per heavy atom. The summed E-state index contributed by atoms with van der Waals surface area (Å²) in [7, 11) is 0. The molecule has 27 heavy (non-hydrogen) atoms. The molecule has 1 heterocycles. The van der Waals surface area contributed by atoms with Gasteiger partial charge in [-0.2, -0.15) is 0 Å². The zero-order valence-electron chi connectivity index (χ0n) is 15.7. The van der Waals surface area contributed by atoms with Crippen molar-refractivity contribution in [1.82, 2.24) is 10.2 Å². The fourth-order valence-corrected chi connectivity index (χ4v) is 2.80. The van der Waals surface area contributed by atoms with Gasteiger partial charge in [-0.1, -0.05) is 60.2 Å². The third-order valence-electron chi connectivity index (χ3n) is 4.33. The number of hydrogen-bond acceptors (Lipinski definition) is 4. The van der Waals surface area contributed by atoms with Crippen molar-refractivity contribution in [2.24, 2.45) is 0 Å². The lowest BCUT2D eigenvalue weighted by molar-refractivity contribution is -0.115. The van der Waals surface area contributed by atoms with Crippen LogP contribution in [0.1, 0.15) is 23.6 Å². The van der Waals surface area contributed by atoms with E-state index in [1.807, 2.05) is 55.5 Å². The summed E-state index contributed by atoms with van der Waals surface area (Å²) in [4.78, 5) is 14.3. The minimum Gasteiger partial charge on any atom is -0.351 e. The number of aryl methyl sites for hydroxylation is 1. The van der Waals surface area contributed by atoms with Gasteiger partial charge in [0.05, 0.1) is 6.42 Å². The summed E-state index contributed by atoms with van der Waals surface area (Å²) >= 11 is 0. The largest absolute Gasteiger partial charge is 0.351 e. The van der Waals surface area contributed by atoms with Crippen LogP contribution < -0.4 is 10.2 Å². The lowest BCUT2D eigenvalue weighted by atomic mass is 10.1. The topological polar surface area (TPSA) is 58.1 Å². The fourth-order valence-electron chi connectivity index (χ4n) is 2.80. The second kappa shape index (κ2) is 8.94. The Balaban J connectivity index is 1.60. The minimum absolute atomic E-state index is 0.0995. The maximum absolute atomic E-state index is 12.2. The summed E-state index contributed by atoms with van der Waals surface area (Å²) in [6, 6.07) is 21.9. The normalized spacial score (nSPS) is 10.4. The maximum atomic E-state index is 12.2. The molecule has 138 valence electrons. The first-order chi connectivity index (χ1) is 13.1. The zero-order chi connectivity index (χ0) is 19.1. The van der Waals surface area contributed by atoms with Gasteiger partial charge in [-0.05, 0) is 37.1 Å². The van der Waals surface area contributed by atoms with E-state index in [4.69, 9.17) is 0 Å². The van der Waals surface area contributed by atoms with Crippen molar-refractivity contribution in [3.63, 3.8) is 0 Å². The Kier molecular flexibility index (Phi) is 6.15. The summed E-state index contributed by atoms with van der Waals surface area (Å²) < 4.78 is 0. The van der Waals surface area contributed by atoms with Gasteiger partial charge in [0.25, 0.3) is 0 Å². The predicted molar refractivity (Wildman–Crippen MR) is 109 cm³/mol. The first kappa shape index (κ1) is 18.6. The molecular weight excluding hydrogens is 336 g/mol. The van der Waals surface area contributed by atoms with Gasteiger partial charge >= 0.3 is 0 Å². The molecule has 0 bridgehead atoms. The van der Waals surface area contributed by atoms with E-state index >= 15 is 0 Å². The van der Waals surface area contributed by atoms with E-state index in [0.717, 1.165) is 24.5 Å². The van der Waals surface area contributed by atoms with Crippen molar-refractivity contribution in [2.45, 2.75) is 26.8 Å². The van der Waals surface area contributed by atoms with Crippen LogP contribution in [0.3, 0.4) is 0 Å². The number of carbonyl (C=O) groups is 1. The van der Waals surface area contributed by atoms with Crippen LogP contribution in [0.5, 0.6) is 0 Å². The number of benzene rings is 2. The predicted octanol–water partition coefficient (Wildman–Crippen LogP) is 3.99. The first-order valence-electron chi connectivity index (χ1n) is 9.12. The Morgan fingerprint density at radius 3 is 2.30 bits per heavy atom. The number of carbonyl (C=O) groups excluding carboxylic acids is 1. The molecule has 5 heteroatoms. The van der Waals surface area contributed by atoms with E-state index in [1.165, 1.54) is 11.1 Å². The van der Waals surface area contributed by atoms with E-state index in [-0.39, 0.29) is 5.91 Å². The van der Waals surface area contributed by atoms with Crippen LogP contribution in [-0.2, 0) is 17.8 Å². The monoisotopic (exact) mass is 360 g/mol. The molecule has 0 unspecified atom stereocenters. The average Bonchev–Trinajstić information content (AvgIpc) is 2.69. The number of rotatable bonds is 7. The second-order valence-corrected chi connectivity index (χ2v) is 6.49. The molecule has 0 aliphatic heterocycles. The van der Waals surface area contributed by atoms with Gasteiger partial charge in [0.2, 0.25) is 5.91 Å². The highest BCUT2D eigenvalue weighted by atomic mass is 16.1. The van der Waals surface area contributed by atoms with E-state index in [1.54, 1.807) is 6.07 Å². The number of nitrogens with zero attached hydrogens (tertiary/aromatic N) is 3. The van der Waals surface area contributed by atoms with Gasteiger partial charge < -0.3 is 10.2 Å². The highest BCUT2D eigenvalue weighted by Gasteiger charge is 2.09. The molecule has 2 aromatic carbocycles. The van der Waals surface area contributed by atoms with Crippen LogP contribution in [0.25, 0.3) is 0 Å². The van der Waals surface area contributed by atoms with Crippen molar-refractivity contribution >= 4 is 17.5 Å². The number of hydrogen-bond donors (Lipinski definition) is 1.